The minimum atomic E-state index is -3.94. The minimum Gasteiger partial charge on any atom is -0.350 e. The van der Waals surface area contributed by atoms with Crippen molar-refractivity contribution >= 4 is 33.2 Å². The Morgan fingerprint density at radius 2 is 1.52 bits per heavy atom. The van der Waals surface area contributed by atoms with E-state index >= 15 is 0 Å². The summed E-state index contributed by atoms with van der Waals surface area (Å²) in [4.78, 5) is 12.9. The van der Waals surface area contributed by atoms with Gasteiger partial charge < -0.3 is 5.32 Å². The third-order valence-corrected chi connectivity index (χ3v) is 6.96. The normalized spacial score (nSPS) is 11.2. The van der Waals surface area contributed by atoms with Crippen LogP contribution in [0.25, 0.3) is 0 Å². The lowest BCUT2D eigenvalue weighted by Gasteiger charge is -2.26. The van der Waals surface area contributed by atoms with E-state index < -0.39 is 15.9 Å². The highest BCUT2D eigenvalue weighted by Gasteiger charge is 2.28. The maximum atomic E-state index is 13.5. The minimum absolute atomic E-state index is 0.143. The monoisotopic (exact) mass is 456 g/mol. The fourth-order valence-electron chi connectivity index (χ4n) is 3.11. The third kappa shape index (κ3) is 5.66. The van der Waals surface area contributed by atoms with E-state index in [4.69, 9.17) is 11.6 Å². The van der Waals surface area contributed by atoms with E-state index in [9.17, 15) is 13.2 Å². The molecule has 0 spiro atoms. The van der Waals surface area contributed by atoms with Gasteiger partial charge in [0, 0.05) is 11.6 Å². The zero-order valence-electron chi connectivity index (χ0n) is 17.7. The van der Waals surface area contributed by atoms with E-state index in [2.05, 4.69) is 5.32 Å². The van der Waals surface area contributed by atoms with Crippen molar-refractivity contribution in [3.05, 3.63) is 94.0 Å². The molecule has 3 aromatic carbocycles. The lowest BCUT2D eigenvalue weighted by molar-refractivity contribution is -0.119. The fourth-order valence-corrected chi connectivity index (χ4v) is 4.72. The summed E-state index contributed by atoms with van der Waals surface area (Å²) in [5.74, 6) is -0.397. The van der Waals surface area contributed by atoms with Gasteiger partial charge in [-0.25, -0.2) is 8.42 Å². The number of amides is 1. The van der Waals surface area contributed by atoms with E-state index in [1.165, 1.54) is 4.31 Å². The zero-order valence-corrected chi connectivity index (χ0v) is 19.3. The van der Waals surface area contributed by atoms with Gasteiger partial charge in [-0.1, -0.05) is 53.6 Å². The van der Waals surface area contributed by atoms with Gasteiger partial charge in [0.1, 0.15) is 6.54 Å². The van der Waals surface area contributed by atoms with Crippen LogP contribution in [-0.4, -0.2) is 20.9 Å². The highest BCUT2D eigenvalue weighted by Crippen LogP contribution is 2.28. The summed E-state index contributed by atoms with van der Waals surface area (Å²) in [6.45, 7) is 5.57. The molecule has 31 heavy (non-hydrogen) atoms. The Morgan fingerprint density at radius 1 is 0.903 bits per heavy atom. The number of anilines is 1. The Bertz CT molecular complexity index is 1170. The van der Waals surface area contributed by atoms with Gasteiger partial charge in [0.25, 0.3) is 10.0 Å². The number of rotatable bonds is 7. The third-order valence-electron chi connectivity index (χ3n) is 4.93. The number of hydrogen-bond donors (Lipinski definition) is 1. The molecule has 0 saturated carbocycles. The number of halogens is 1. The molecule has 0 bridgehead atoms. The number of benzene rings is 3. The first-order valence-electron chi connectivity index (χ1n) is 9.84. The largest absolute Gasteiger partial charge is 0.350 e. The van der Waals surface area contributed by atoms with Crippen LogP contribution in [0.4, 0.5) is 5.69 Å². The number of nitrogens with one attached hydrogen (secondary N) is 1. The van der Waals surface area contributed by atoms with Crippen molar-refractivity contribution in [2.24, 2.45) is 0 Å². The van der Waals surface area contributed by atoms with Crippen LogP contribution in [0.15, 0.2) is 71.6 Å². The van der Waals surface area contributed by atoms with Crippen molar-refractivity contribution in [3.63, 3.8) is 0 Å². The van der Waals surface area contributed by atoms with Crippen molar-refractivity contribution in [3.8, 4) is 0 Å². The number of carbonyl (C=O) groups is 1. The molecule has 3 aromatic rings. The van der Waals surface area contributed by atoms with Crippen LogP contribution in [0.2, 0.25) is 5.02 Å². The molecule has 0 fully saturated rings. The van der Waals surface area contributed by atoms with Crippen molar-refractivity contribution < 1.29 is 13.2 Å². The first-order valence-corrected chi connectivity index (χ1v) is 11.7. The maximum absolute atomic E-state index is 13.5. The Balaban J connectivity index is 1.90. The number of hydrogen-bond acceptors (Lipinski definition) is 3. The van der Waals surface area contributed by atoms with E-state index in [1.807, 2.05) is 45.0 Å². The quantitative estimate of drug-likeness (QED) is 0.556. The van der Waals surface area contributed by atoms with E-state index in [0.29, 0.717) is 10.7 Å². The molecule has 0 heterocycles. The molecule has 162 valence electrons. The molecule has 7 heteroatoms. The van der Waals surface area contributed by atoms with Crippen LogP contribution in [0.3, 0.4) is 0 Å². The van der Waals surface area contributed by atoms with Crippen molar-refractivity contribution in [2.45, 2.75) is 32.2 Å². The van der Waals surface area contributed by atoms with Crippen molar-refractivity contribution in [1.29, 1.82) is 0 Å². The van der Waals surface area contributed by atoms with Crippen molar-refractivity contribution in [1.82, 2.24) is 5.32 Å². The van der Waals surface area contributed by atoms with Crippen LogP contribution >= 0.6 is 11.6 Å². The molecule has 5 nitrogen and oxygen atoms in total. The van der Waals surface area contributed by atoms with Crippen LogP contribution < -0.4 is 9.62 Å². The predicted octanol–water partition coefficient (Wildman–Crippen LogP) is 4.78. The molecule has 1 N–H and O–H groups in total. The summed E-state index contributed by atoms with van der Waals surface area (Å²) in [5, 5.41) is 3.41. The molecular weight excluding hydrogens is 432 g/mol. The molecule has 0 aromatic heterocycles. The molecule has 0 aliphatic heterocycles. The Hall–Kier alpha value is -2.83. The molecule has 0 atom stereocenters. The SMILES string of the molecule is Cc1ccc(S(=O)(=O)N(CC(=O)NCc2ccc(Cl)cc2)c2cc(C)ccc2C)cc1. The van der Waals surface area contributed by atoms with Gasteiger partial charge in [-0.15, -0.1) is 0 Å². The second-order valence-corrected chi connectivity index (χ2v) is 9.82. The molecule has 0 aliphatic rings. The van der Waals surface area contributed by atoms with Crippen LogP contribution in [0, 0.1) is 20.8 Å². The highest BCUT2D eigenvalue weighted by molar-refractivity contribution is 7.92. The van der Waals surface area contributed by atoms with Gasteiger partial charge >= 0.3 is 0 Å². The first kappa shape index (κ1) is 22.8. The van der Waals surface area contributed by atoms with Gasteiger partial charge in [-0.2, -0.15) is 0 Å². The summed E-state index contributed by atoms with van der Waals surface area (Å²) < 4.78 is 28.1. The Labute approximate surface area is 188 Å². The predicted molar refractivity (Wildman–Crippen MR) is 125 cm³/mol. The van der Waals surface area contributed by atoms with E-state index in [-0.39, 0.29) is 18.0 Å². The summed E-state index contributed by atoms with van der Waals surface area (Å²) in [6, 6.07) is 19.3. The fraction of sp³-hybridized carbons (Fsp3) is 0.208. The Morgan fingerprint density at radius 3 is 2.16 bits per heavy atom. The van der Waals surface area contributed by atoms with Crippen molar-refractivity contribution in [2.75, 3.05) is 10.8 Å². The average molecular weight is 457 g/mol. The summed E-state index contributed by atoms with van der Waals surface area (Å²) in [5.41, 5.74) is 4.00. The second kappa shape index (κ2) is 9.54. The molecule has 0 radical (unpaired) electrons. The summed E-state index contributed by atoms with van der Waals surface area (Å²) >= 11 is 5.90. The lowest BCUT2D eigenvalue weighted by Crippen LogP contribution is -2.41. The van der Waals surface area contributed by atoms with Gasteiger partial charge in [0.05, 0.1) is 10.6 Å². The summed E-state index contributed by atoms with van der Waals surface area (Å²) in [7, 11) is -3.94. The topological polar surface area (TPSA) is 66.5 Å². The van der Waals surface area contributed by atoms with Gasteiger partial charge in [0.15, 0.2) is 0 Å². The second-order valence-electron chi connectivity index (χ2n) is 7.52. The number of sulfonamides is 1. The molecule has 0 saturated heterocycles. The molecule has 1 amide bonds. The zero-order chi connectivity index (χ0) is 22.6. The number of carbonyl (C=O) groups excluding carboxylic acids is 1. The van der Waals surface area contributed by atoms with E-state index in [1.54, 1.807) is 42.5 Å². The molecule has 3 rings (SSSR count). The van der Waals surface area contributed by atoms with Crippen LogP contribution in [0.5, 0.6) is 0 Å². The van der Waals surface area contributed by atoms with Gasteiger partial charge in [0.2, 0.25) is 5.91 Å². The van der Waals surface area contributed by atoms with Crippen LogP contribution in [0.1, 0.15) is 22.3 Å². The standard InChI is InChI=1S/C24H25ClN2O3S/c1-17-5-12-22(13-6-17)31(29,30)27(23-14-18(2)4-7-19(23)3)16-24(28)26-15-20-8-10-21(25)11-9-20/h4-14H,15-16H2,1-3H3,(H,26,28). The average Bonchev–Trinajstić information content (AvgIpc) is 2.74. The lowest BCUT2D eigenvalue weighted by atomic mass is 10.1. The Kier molecular flexibility index (Phi) is 7.03. The van der Waals surface area contributed by atoms with Gasteiger partial charge in [-0.05, 0) is 67.8 Å². The molecule has 0 unspecified atom stereocenters. The molecular formula is C24H25ClN2O3S. The van der Waals surface area contributed by atoms with E-state index in [0.717, 1.165) is 22.3 Å². The smallest absolute Gasteiger partial charge is 0.264 e. The van der Waals surface area contributed by atoms with Gasteiger partial charge in [-0.3, -0.25) is 9.10 Å². The first-order chi connectivity index (χ1) is 14.7. The molecule has 0 aliphatic carbocycles. The maximum Gasteiger partial charge on any atom is 0.264 e. The number of nitrogens with zero attached hydrogens (tertiary/aromatic N) is 1. The number of aryl methyl sites for hydroxylation is 3. The highest BCUT2D eigenvalue weighted by atomic mass is 35.5. The summed E-state index contributed by atoms with van der Waals surface area (Å²) in [6.07, 6.45) is 0. The van der Waals surface area contributed by atoms with Crippen LogP contribution in [-0.2, 0) is 21.4 Å².